The zero-order valence-electron chi connectivity index (χ0n) is 8.30. The predicted molar refractivity (Wildman–Crippen MR) is 59.5 cm³/mol. The minimum atomic E-state index is 0.621. The van der Waals surface area contributed by atoms with Crippen LogP contribution in [0.25, 0.3) is 5.65 Å². The Hall–Kier alpha value is -1.81. The van der Waals surface area contributed by atoms with Crippen molar-refractivity contribution in [1.29, 1.82) is 0 Å². The van der Waals surface area contributed by atoms with Gasteiger partial charge in [0.15, 0.2) is 5.65 Å². The maximum absolute atomic E-state index is 5.87. The number of aromatic nitrogens is 3. The molecule has 0 saturated carbocycles. The fraction of sp³-hybridized carbons (Fsp3) is 0.0909. The standard InChI is InChI=1S/C11H8ClN3O/c12-8-3-4-15-10(6-8)13-14-11(15)7-9-2-1-5-16-9/h1-6H,7H2. The van der Waals surface area contributed by atoms with Crippen molar-refractivity contribution in [3.63, 3.8) is 0 Å². The molecule has 0 aliphatic carbocycles. The van der Waals surface area contributed by atoms with Gasteiger partial charge in [0.25, 0.3) is 0 Å². The van der Waals surface area contributed by atoms with Crippen molar-refractivity contribution in [3.8, 4) is 0 Å². The van der Waals surface area contributed by atoms with E-state index in [2.05, 4.69) is 10.2 Å². The number of rotatable bonds is 2. The van der Waals surface area contributed by atoms with Gasteiger partial charge in [0, 0.05) is 17.3 Å². The largest absolute Gasteiger partial charge is 0.469 e. The molecule has 0 aromatic carbocycles. The lowest BCUT2D eigenvalue weighted by Gasteiger charge is -1.97. The van der Waals surface area contributed by atoms with Crippen LogP contribution >= 0.6 is 11.6 Å². The minimum absolute atomic E-state index is 0.621. The van der Waals surface area contributed by atoms with E-state index in [-0.39, 0.29) is 0 Å². The van der Waals surface area contributed by atoms with Crippen LogP contribution in [-0.2, 0) is 6.42 Å². The maximum Gasteiger partial charge on any atom is 0.162 e. The number of pyridine rings is 1. The number of hydrogen-bond acceptors (Lipinski definition) is 3. The maximum atomic E-state index is 5.87. The van der Waals surface area contributed by atoms with Gasteiger partial charge in [-0.2, -0.15) is 0 Å². The number of halogens is 1. The summed E-state index contributed by atoms with van der Waals surface area (Å²) in [5, 5.41) is 8.81. The van der Waals surface area contributed by atoms with E-state index in [1.54, 1.807) is 12.3 Å². The van der Waals surface area contributed by atoms with Crippen LogP contribution in [0.3, 0.4) is 0 Å². The SMILES string of the molecule is Clc1ccn2c(Cc3ccco3)nnc2c1. The normalized spacial score (nSPS) is 11.1. The van der Waals surface area contributed by atoms with Gasteiger partial charge in [-0.25, -0.2) is 0 Å². The summed E-state index contributed by atoms with van der Waals surface area (Å²) in [5.74, 6) is 1.70. The smallest absolute Gasteiger partial charge is 0.162 e. The molecule has 0 aliphatic heterocycles. The minimum Gasteiger partial charge on any atom is -0.469 e. The molecular weight excluding hydrogens is 226 g/mol. The third kappa shape index (κ3) is 1.57. The van der Waals surface area contributed by atoms with Gasteiger partial charge >= 0.3 is 0 Å². The van der Waals surface area contributed by atoms with Crippen LogP contribution in [0.1, 0.15) is 11.6 Å². The number of hydrogen-bond donors (Lipinski definition) is 0. The van der Waals surface area contributed by atoms with E-state index >= 15 is 0 Å². The fourth-order valence-electron chi connectivity index (χ4n) is 1.61. The van der Waals surface area contributed by atoms with E-state index in [0.29, 0.717) is 11.4 Å². The Morgan fingerprint density at radius 2 is 2.25 bits per heavy atom. The molecule has 16 heavy (non-hydrogen) atoms. The fourth-order valence-corrected chi connectivity index (χ4v) is 1.76. The first kappa shape index (κ1) is 9.42. The van der Waals surface area contributed by atoms with Crippen LogP contribution in [0.5, 0.6) is 0 Å². The van der Waals surface area contributed by atoms with Gasteiger partial charge in [-0.1, -0.05) is 11.6 Å². The van der Waals surface area contributed by atoms with E-state index < -0.39 is 0 Å². The zero-order valence-corrected chi connectivity index (χ0v) is 9.05. The lowest BCUT2D eigenvalue weighted by molar-refractivity contribution is 0.516. The Morgan fingerprint density at radius 1 is 1.31 bits per heavy atom. The van der Waals surface area contributed by atoms with E-state index in [0.717, 1.165) is 17.2 Å². The summed E-state index contributed by atoms with van der Waals surface area (Å²) in [6.07, 6.45) is 4.13. The molecule has 0 N–H and O–H groups in total. The lowest BCUT2D eigenvalue weighted by Crippen LogP contribution is -1.94. The summed E-state index contributed by atoms with van der Waals surface area (Å²) in [6.45, 7) is 0. The Kier molecular flexibility index (Phi) is 2.15. The van der Waals surface area contributed by atoms with Gasteiger partial charge in [-0.15, -0.1) is 10.2 Å². The molecule has 0 bridgehead atoms. The molecule has 5 heteroatoms. The summed E-state index contributed by atoms with van der Waals surface area (Å²) < 4.78 is 7.17. The van der Waals surface area contributed by atoms with E-state index in [4.69, 9.17) is 16.0 Å². The summed E-state index contributed by atoms with van der Waals surface area (Å²) in [4.78, 5) is 0. The van der Waals surface area contributed by atoms with Gasteiger partial charge in [-0.05, 0) is 18.2 Å². The molecule has 3 rings (SSSR count). The average molecular weight is 234 g/mol. The molecule has 3 aromatic heterocycles. The third-order valence-electron chi connectivity index (χ3n) is 2.36. The van der Waals surface area contributed by atoms with Gasteiger partial charge < -0.3 is 4.42 Å². The van der Waals surface area contributed by atoms with Gasteiger partial charge in [0.1, 0.15) is 11.6 Å². The van der Waals surface area contributed by atoms with Crippen molar-refractivity contribution in [2.45, 2.75) is 6.42 Å². The second-order valence-electron chi connectivity index (χ2n) is 3.45. The topological polar surface area (TPSA) is 43.3 Å². The van der Waals surface area contributed by atoms with Crippen molar-refractivity contribution < 1.29 is 4.42 Å². The highest BCUT2D eigenvalue weighted by atomic mass is 35.5. The van der Waals surface area contributed by atoms with E-state index in [9.17, 15) is 0 Å². The highest BCUT2D eigenvalue weighted by molar-refractivity contribution is 6.30. The number of furan rings is 1. The summed E-state index contributed by atoms with van der Waals surface area (Å²) in [6, 6.07) is 7.36. The highest BCUT2D eigenvalue weighted by Gasteiger charge is 2.07. The summed E-state index contributed by atoms with van der Waals surface area (Å²) in [5.41, 5.74) is 0.744. The first-order valence-electron chi connectivity index (χ1n) is 4.84. The molecule has 0 spiro atoms. The van der Waals surface area contributed by atoms with Crippen LogP contribution in [0.4, 0.5) is 0 Å². The Morgan fingerprint density at radius 3 is 3.06 bits per heavy atom. The van der Waals surface area contributed by atoms with Crippen molar-refractivity contribution in [3.05, 3.63) is 53.3 Å². The molecule has 0 aliphatic rings. The Labute approximate surface area is 96.5 Å². The molecule has 80 valence electrons. The van der Waals surface area contributed by atoms with Gasteiger partial charge in [0.05, 0.1) is 12.7 Å². The molecule has 4 nitrogen and oxygen atoms in total. The molecule has 0 saturated heterocycles. The van der Waals surface area contributed by atoms with E-state index in [1.807, 2.05) is 28.8 Å². The van der Waals surface area contributed by atoms with Crippen LogP contribution < -0.4 is 0 Å². The third-order valence-corrected chi connectivity index (χ3v) is 2.59. The van der Waals surface area contributed by atoms with Gasteiger partial charge in [0.2, 0.25) is 0 Å². The molecule has 0 amide bonds. The zero-order chi connectivity index (χ0) is 11.0. The number of fused-ring (bicyclic) bond motifs is 1. The molecule has 0 atom stereocenters. The lowest BCUT2D eigenvalue weighted by atomic mass is 10.3. The molecule has 0 radical (unpaired) electrons. The predicted octanol–water partition coefficient (Wildman–Crippen LogP) is 2.57. The van der Waals surface area contributed by atoms with Crippen LogP contribution in [0.2, 0.25) is 5.02 Å². The van der Waals surface area contributed by atoms with Crippen molar-refractivity contribution in [2.75, 3.05) is 0 Å². The first-order valence-corrected chi connectivity index (χ1v) is 5.22. The second kappa shape index (κ2) is 3.64. The first-order chi connectivity index (χ1) is 7.83. The highest BCUT2D eigenvalue weighted by Crippen LogP contribution is 2.14. The summed E-state index contributed by atoms with van der Waals surface area (Å²) in [7, 11) is 0. The monoisotopic (exact) mass is 233 g/mol. The molecule has 3 aromatic rings. The second-order valence-corrected chi connectivity index (χ2v) is 3.88. The van der Waals surface area contributed by atoms with E-state index in [1.165, 1.54) is 0 Å². The number of nitrogens with zero attached hydrogens (tertiary/aromatic N) is 3. The van der Waals surface area contributed by atoms with Crippen molar-refractivity contribution in [1.82, 2.24) is 14.6 Å². The average Bonchev–Trinajstić information content (AvgIpc) is 2.89. The Balaban J connectivity index is 2.04. The van der Waals surface area contributed by atoms with Crippen LogP contribution in [-0.4, -0.2) is 14.6 Å². The van der Waals surface area contributed by atoms with Gasteiger partial charge in [-0.3, -0.25) is 4.40 Å². The molecule has 0 unspecified atom stereocenters. The molecule has 3 heterocycles. The van der Waals surface area contributed by atoms with Crippen LogP contribution in [0, 0.1) is 0 Å². The molecule has 0 fully saturated rings. The van der Waals surface area contributed by atoms with Crippen molar-refractivity contribution >= 4 is 17.2 Å². The van der Waals surface area contributed by atoms with Crippen molar-refractivity contribution in [2.24, 2.45) is 0 Å². The Bertz CT molecular complexity index is 615. The molecular formula is C11H8ClN3O. The van der Waals surface area contributed by atoms with Crippen LogP contribution in [0.15, 0.2) is 41.1 Å². The quantitative estimate of drug-likeness (QED) is 0.683. The summed E-state index contributed by atoms with van der Waals surface area (Å²) >= 11 is 5.87.